The largest absolute Gasteiger partial charge is 0.154 e. The first-order valence-corrected chi connectivity index (χ1v) is 2.03. The van der Waals surface area contributed by atoms with E-state index in [1.54, 1.807) is 0 Å². The van der Waals surface area contributed by atoms with Crippen LogP contribution in [0.4, 0.5) is 0 Å². The molecule has 0 rings (SSSR count). The molecule has 0 unspecified atom stereocenters. The van der Waals surface area contributed by atoms with Gasteiger partial charge in [-0.1, -0.05) is 0 Å². The van der Waals surface area contributed by atoms with Crippen LogP contribution in [-0.4, -0.2) is 0 Å². The highest BCUT2D eigenvalue weighted by atomic mass is 13.6. The summed E-state index contributed by atoms with van der Waals surface area (Å²) in [6.07, 6.45) is 8.64. The molecule has 0 amide bonds. The van der Waals surface area contributed by atoms with Gasteiger partial charge in [0.25, 0.3) is 0 Å². The van der Waals surface area contributed by atoms with Gasteiger partial charge in [0.1, 0.15) is 0 Å². The molecule has 0 heterocycles. The lowest BCUT2D eigenvalue weighted by molar-refractivity contribution is 1.63. The van der Waals surface area contributed by atoms with Crippen LogP contribution >= 0.6 is 0 Å². The van der Waals surface area contributed by atoms with Crippen LogP contribution in [-0.2, 0) is 0 Å². The van der Waals surface area contributed by atoms with Crippen LogP contribution < -0.4 is 0 Å². The van der Waals surface area contributed by atoms with Crippen molar-refractivity contribution in [3.63, 3.8) is 0 Å². The van der Waals surface area contributed by atoms with Crippen LogP contribution in [0.25, 0.3) is 0 Å². The Balaban J connectivity index is 3.07. The molecule has 0 radical (unpaired) electrons. The van der Waals surface area contributed by atoms with E-state index in [0.29, 0.717) is 0 Å². The van der Waals surface area contributed by atoms with Crippen LogP contribution in [0.2, 0.25) is 0 Å². The van der Waals surface area contributed by atoms with Gasteiger partial charge in [0.15, 0.2) is 6.08 Å². The summed E-state index contributed by atoms with van der Waals surface area (Å²) in [5, 5.41) is 0. The zero-order chi connectivity index (χ0) is 4.83. The van der Waals surface area contributed by atoms with E-state index in [1.165, 1.54) is 0 Å². The molecule has 0 nitrogen and oxygen atoms in total. The fraction of sp³-hybridized carbons (Fsp3) is 0.333. The second-order valence-corrected chi connectivity index (χ2v) is 0.981. The highest BCUT2D eigenvalue weighted by molar-refractivity contribution is 4.95. The van der Waals surface area contributed by atoms with Crippen molar-refractivity contribution < 1.29 is 0 Å². The minimum Gasteiger partial charge on any atom is -0.0275 e. The van der Waals surface area contributed by atoms with Crippen LogP contribution in [0.3, 0.4) is 0 Å². The normalized spacial score (nSPS) is 10.3. The third kappa shape index (κ3) is 3.39. The number of hydrogen-bond donors (Lipinski definition) is 0. The van der Waals surface area contributed by atoms with Gasteiger partial charge < -0.3 is 0 Å². The van der Waals surface area contributed by atoms with Crippen molar-refractivity contribution in [2.24, 2.45) is 0 Å². The van der Waals surface area contributed by atoms with Crippen LogP contribution in [0.15, 0.2) is 18.2 Å². The molecular weight excluding hydrogens is 72.1 g/mol. The second kappa shape index (κ2) is 4.39. The highest BCUT2D eigenvalue weighted by Crippen LogP contribution is 1.70. The Labute approximate surface area is 39.2 Å². The molecule has 32 valence electrons. The number of allylic oxidation sites excluding steroid dienone is 4. The van der Waals surface area contributed by atoms with Crippen molar-refractivity contribution >= 4 is 0 Å². The third-order valence-electron chi connectivity index (χ3n) is 0.455. The fourth-order valence-electron chi connectivity index (χ4n) is 0.192. The standard InChI is InChI=1S/C6H9/c1-3-5-6-4-2/h3,5-6H,1-2H3/q+1. The molecule has 0 aromatic rings. The lowest BCUT2D eigenvalue weighted by Crippen LogP contribution is -1.41. The Morgan fingerprint density at radius 3 is 2.33 bits per heavy atom. The quantitative estimate of drug-likeness (QED) is 0.334. The SMILES string of the molecule is C[C+]=CC=CC. The van der Waals surface area contributed by atoms with Crippen LogP contribution in [0.1, 0.15) is 13.8 Å². The minimum atomic E-state index is 1.88. The molecule has 0 saturated heterocycles. The van der Waals surface area contributed by atoms with Gasteiger partial charge in [0.2, 0.25) is 0 Å². The Morgan fingerprint density at radius 2 is 2.17 bits per heavy atom. The average Bonchev–Trinajstić information content (AvgIpc) is 1.61. The Bertz CT molecular complexity index is 48.4. The van der Waals surface area contributed by atoms with Crippen molar-refractivity contribution in [1.29, 1.82) is 0 Å². The van der Waals surface area contributed by atoms with Crippen molar-refractivity contribution in [2.75, 3.05) is 0 Å². The molecule has 0 heteroatoms. The Kier molecular flexibility index (Phi) is 3.94. The molecule has 0 aromatic carbocycles. The first-order valence-electron chi connectivity index (χ1n) is 2.03. The summed E-state index contributed by atoms with van der Waals surface area (Å²) < 4.78 is 0. The number of rotatable bonds is 1. The van der Waals surface area contributed by atoms with E-state index in [1.807, 2.05) is 32.1 Å². The summed E-state index contributed by atoms with van der Waals surface area (Å²) in [5.74, 6) is 0. The smallest absolute Gasteiger partial charge is 0.0275 e. The van der Waals surface area contributed by atoms with Gasteiger partial charge in [0, 0.05) is 0 Å². The summed E-state index contributed by atoms with van der Waals surface area (Å²) in [5.41, 5.74) is 0. The van der Waals surface area contributed by atoms with Gasteiger partial charge in [-0.15, -0.1) is 0 Å². The van der Waals surface area contributed by atoms with E-state index in [0.717, 1.165) is 0 Å². The van der Waals surface area contributed by atoms with Gasteiger partial charge in [-0.05, 0) is 13.0 Å². The molecule has 0 aromatic heterocycles. The summed E-state index contributed by atoms with van der Waals surface area (Å²) >= 11 is 0. The summed E-state index contributed by atoms with van der Waals surface area (Å²) in [6.45, 7) is 3.86. The van der Waals surface area contributed by atoms with Gasteiger partial charge in [-0.25, -0.2) is 0 Å². The summed E-state index contributed by atoms with van der Waals surface area (Å²) in [4.78, 5) is 0. The maximum absolute atomic E-state index is 2.86. The predicted molar refractivity (Wildman–Crippen MR) is 28.3 cm³/mol. The maximum atomic E-state index is 2.86. The van der Waals surface area contributed by atoms with Gasteiger partial charge in [-0.3, -0.25) is 0 Å². The Hall–Kier alpha value is -0.610. The monoisotopic (exact) mass is 81.1 g/mol. The van der Waals surface area contributed by atoms with Crippen molar-refractivity contribution in [2.45, 2.75) is 13.8 Å². The predicted octanol–water partition coefficient (Wildman–Crippen LogP) is 1.94. The second-order valence-electron chi connectivity index (χ2n) is 0.981. The molecule has 0 atom stereocenters. The van der Waals surface area contributed by atoms with Crippen molar-refractivity contribution in [3.8, 4) is 0 Å². The zero-order valence-electron chi connectivity index (χ0n) is 4.23. The molecule has 6 heavy (non-hydrogen) atoms. The molecular formula is C6H9+. The van der Waals surface area contributed by atoms with Gasteiger partial charge in [-0.2, -0.15) is 0 Å². The Morgan fingerprint density at radius 1 is 1.50 bits per heavy atom. The van der Waals surface area contributed by atoms with E-state index in [-0.39, 0.29) is 0 Å². The summed E-state index contributed by atoms with van der Waals surface area (Å²) in [6, 6.07) is 0. The highest BCUT2D eigenvalue weighted by Gasteiger charge is 1.63. The molecule has 0 aliphatic heterocycles. The molecule has 0 aliphatic rings. The summed E-state index contributed by atoms with van der Waals surface area (Å²) in [7, 11) is 0. The molecule has 0 N–H and O–H groups in total. The molecule has 0 spiro atoms. The maximum Gasteiger partial charge on any atom is 0.154 e. The first-order chi connectivity index (χ1) is 2.91. The lowest BCUT2D eigenvalue weighted by atomic mass is 10.5. The molecule has 0 fully saturated rings. The zero-order valence-corrected chi connectivity index (χ0v) is 4.23. The van der Waals surface area contributed by atoms with Crippen LogP contribution in [0.5, 0.6) is 0 Å². The molecule has 0 bridgehead atoms. The van der Waals surface area contributed by atoms with E-state index in [4.69, 9.17) is 0 Å². The van der Waals surface area contributed by atoms with E-state index >= 15 is 0 Å². The third-order valence-corrected chi connectivity index (χ3v) is 0.455. The molecule has 0 saturated carbocycles. The first kappa shape index (κ1) is 5.39. The fourth-order valence-corrected chi connectivity index (χ4v) is 0.192. The van der Waals surface area contributed by atoms with Crippen molar-refractivity contribution in [1.82, 2.24) is 0 Å². The van der Waals surface area contributed by atoms with E-state index in [2.05, 4.69) is 6.08 Å². The van der Waals surface area contributed by atoms with Gasteiger partial charge in [0.05, 0.1) is 19.1 Å². The minimum absolute atomic E-state index is 1.88. The number of hydrogen-bond acceptors (Lipinski definition) is 0. The molecule has 0 aliphatic carbocycles. The van der Waals surface area contributed by atoms with Crippen molar-refractivity contribution in [3.05, 3.63) is 24.3 Å². The topological polar surface area (TPSA) is 0 Å². The van der Waals surface area contributed by atoms with E-state index < -0.39 is 0 Å². The van der Waals surface area contributed by atoms with Gasteiger partial charge >= 0.3 is 0 Å². The lowest BCUT2D eigenvalue weighted by Gasteiger charge is -1.48. The average molecular weight is 81.1 g/mol. The van der Waals surface area contributed by atoms with E-state index in [9.17, 15) is 0 Å². The van der Waals surface area contributed by atoms with Crippen LogP contribution in [0, 0.1) is 6.08 Å².